The lowest BCUT2D eigenvalue weighted by Crippen LogP contribution is -2.30. The maximum atomic E-state index is 12.4. The molecule has 0 spiro atoms. The number of benzene rings is 1. The van der Waals surface area contributed by atoms with Crippen LogP contribution in [-0.4, -0.2) is 26.5 Å². The fraction of sp³-hybridized carbons (Fsp3) is 0.412. The Morgan fingerprint density at radius 1 is 1.24 bits per heavy atom. The molecule has 1 aromatic carbocycles. The first-order valence-corrected chi connectivity index (χ1v) is 9.05. The predicted molar refractivity (Wildman–Crippen MR) is 100 cm³/mol. The average Bonchev–Trinajstić information content (AvgIpc) is 2.56. The van der Waals surface area contributed by atoms with Crippen LogP contribution in [0, 0.1) is 0 Å². The Bertz CT molecular complexity index is 791. The summed E-state index contributed by atoms with van der Waals surface area (Å²) < 4.78 is 0.882. The standard InChI is InChI=1S/C17H23N5O2S/c1-10(2)12-6-5-7-13(11(3)4)16(12)20-14(23)9-25-17-21-19-8-15(24)22(17)18/h5-8,10-11H,9,18H2,1-4H3,(H,20,23). The fourth-order valence-electron chi connectivity index (χ4n) is 2.43. The number of hydrogen-bond donors (Lipinski definition) is 2. The van der Waals surface area contributed by atoms with Gasteiger partial charge < -0.3 is 11.2 Å². The normalized spacial score (nSPS) is 11.1. The van der Waals surface area contributed by atoms with Gasteiger partial charge in [-0.2, -0.15) is 9.77 Å². The molecule has 0 unspecified atom stereocenters. The van der Waals surface area contributed by atoms with Crippen molar-refractivity contribution in [2.75, 3.05) is 16.9 Å². The van der Waals surface area contributed by atoms with Crippen LogP contribution in [0.1, 0.15) is 50.7 Å². The lowest BCUT2D eigenvalue weighted by molar-refractivity contribution is -0.113. The molecule has 0 atom stereocenters. The van der Waals surface area contributed by atoms with Gasteiger partial charge in [-0.05, 0) is 23.0 Å². The van der Waals surface area contributed by atoms with Crippen molar-refractivity contribution in [3.8, 4) is 0 Å². The maximum absolute atomic E-state index is 12.4. The van der Waals surface area contributed by atoms with Gasteiger partial charge in [-0.25, -0.2) is 0 Å². The summed E-state index contributed by atoms with van der Waals surface area (Å²) in [4.78, 5) is 23.9. The van der Waals surface area contributed by atoms with E-state index in [1.54, 1.807) is 0 Å². The van der Waals surface area contributed by atoms with E-state index in [-0.39, 0.29) is 28.7 Å². The first kappa shape index (κ1) is 19.0. The van der Waals surface area contributed by atoms with Gasteiger partial charge in [0.05, 0.1) is 5.75 Å². The number of amides is 1. The molecule has 1 amide bonds. The number of anilines is 1. The Hall–Kier alpha value is -2.35. The van der Waals surface area contributed by atoms with Gasteiger partial charge in [-0.3, -0.25) is 9.59 Å². The molecule has 0 aliphatic carbocycles. The minimum absolute atomic E-state index is 0.0826. The number of carbonyl (C=O) groups excluding carboxylic acids is 1. The Kier molecular flexibility index (Phi) is 6.19. The molecule has 1 aromatic heterocycles. The lowest BCUT2D eigenvalue weighted by atomic mass is 9.92. The second-order valence-electron chi connectivity index (χ2n) is 6.29. The number of carbonyl (C=O) groups is 1. The number of para-hydroxylation sites is 1. The zero-order valence-corrected chi connectivity index (χ0v) is 15.6. The van der Waals surface area contributed by atoms with Gasteiger partial charge in [0.2, 0.25) is 11.1 Å². The summed E-state index contributed by atoms with van der Waals surface area (Å²) in [5.41, 5.74) is 2.59. The van der Waals surface area contributed by atoms with Crippen LogP contribution < -0.4 is 16.7 Å². The van der Waals surface area contributed by atoms with E-state index >= 15 is 0 Å². The molecule has 7 nitrogen and oxygen atoms in total. The summed E-state index contributed by atoms with van der Waals surface area (Å²) >= 11 is 1.07. The van der Waals surface area contributed by atoms with Crippen molar-refractivity contribution in [3.05, 3.63) is 45.9 Å². The van der Waals surface area contributed by atoms with Crippen LogP contribution in [0.3, 0.4) is 0 Å². The molecule has 25 heavy (non-hydrogen) atoms. The number of nitrogens with two attached hydrogens (primary N) is 1. The van der Waals surface area contributed by atoms with Crippen LogP contribution in [0.25, 0.3) is 0 Å². The monoisotopic (exact) mass is 361 g/mol. The highest BCUT2D eigenvalue weighted by molar-refractivity contribution is 7.99. The lowest BCUT2D eigenvalue weighted by Gasteiger charge is -2.20. The number of nitrogen functional groups attached to an aromatic ring is 1. The Balaban J connectivity index is 2.17. The minimum Gasteiger partial charge on any atom is -0.334 e. The van der Waals surface area contributed by atoms with Gasteiger partial charge >= 0.3 is 0 Å². The number of hydrogen-bond acceptors (Lipinski definition) is 6. The van der Waals surface area contributed by atoms with E-state index < -0.39 is 5.56 Å². The molecular weight excluding hydrogens is 338 g/mol. The molecule has 2 rings (SSSR count). The number of aromatic nitrogens is 3. The zero-order valence-electron chi connectivity index (χ0n) is 14.8. The van der Waals surface area contributed by atoms with Crippen LogP contribution in [-0.2, 0) is 4.79 Å². The van der Waals surface area contributed by atoms with Crippen LogP contribution >= 0.6 is 11.8 Å². The number of nitrogens with zero attached hydrogens (tertiary/aromatic N) is 3. The molecule has 0 saturated heterocycles. The SMILES string of the molecule is CC(C)c1cccc(C(C)C)c1NC(=O)CSc1nncc(=O)n1N. The van der Waals surface area contributed by atoms with E-state index in [0.717, 1.165) is 39.4 Å². The van der Waals surface area contributed by atoms with Crippen molar-refractivity contribution in [2.45, 2.75) is 44.7 Å². The van der Waals surface area contributed by atoms with Gasteiger partial charge in [0.1, 0.15) is 6.20 Å². The summed E-state index contributed by atoms with van der Waals surface area (Å²) in [6.07, 6.45) is 1.03. The molecule has 0 radical (unpaired) electrons. The number of thioether (sulfide) groups is 1. The Morgan fingerprint density at radius 3 is 2.40 bits per heavy atom. The van der Waals surface area contributed by atoms with E-state index in [0.29, 0.717) is 0 Å². The fourth-order valence-corrected chi connectivity index (χ4v) is 3.10. The molecule has 0 fully saturated rings. The zero-order chi connectivity index (χ0) is 18.6. The highest BCUT2D eigenvalue weighted by Gasteiger charge is 2.16. The molecule has 2 aromatic rings. The molecule has 0 saturated carbocycles. The van der Waals surface area contributed by atoms with E-state index in [4.69, 9.17) is 5.84 Å². The number of nitrogens with one attached hydrogen (secondary N) is 1. The van der Waals surface area contributed by atoms with Crippen LogP contribution in [0.5, 0.6) is 0 Å². The third kappa shape index (κ3) is 4.60. The minimum atomic E-state index is -0.467. The smallest absolute Gasteiger partial charge is 0.291 e. The Morgan fingerprint density at radius 2 is 1.84 bits per heavy atom. The molecule has 0 aliphatic rings. The van der Waals surface area contributed by atoms with Crippen molar-refractivity contribution in [1.82, 2.24) is 14.9 Å². The first-order chi connectivity index (χ1) is 11.8. The van der Waals surface area contributed by atoms with Gasteiger partial charge in [-0.15, -0.1) is 5.10 Å². The topological polar surface area (TPSA) is 103 Å². The van der Waals surface area contributed by atoms with E-state index in [2.05, 4.69) is 43.2 Å². The van der Waals surface area contributed by atoms with Crippen molar-refractivity contribution in [2.24, 2.45) is 0 Å². The molecule has 3 N–H and O–H groups in total. The molecule has 1 heterocycles. The Labute approximate surface area is 151 Å². The third-order valence-electron chi connectivity index (χ3n) is 3.72. The molecule has 134 valence electrons. The molecular formula is C17H23N5O2S. The number of rotatable bonds is 6. The van der Waals surface area contributed by atoms with E-state index in [1.807, 2.05) is 18.2 Å². The van der Waals surface area contributed by atoms with Crippen LogP contribution in [0.15, 0.2) is 34.3 Å². The van der Waals surface area contributed by atoms with Gasteiger partial charge in [0.15, 0.2) is 0 Å². The third-order valence-corrected chi connectivity index (χ3v) is 4.67. The van der Waals surface area contributed by atoms with Gasteiger partial charge in [0.25, 0.3) is 5.56 Å². The summed E-state index contributed by atoms with van der Waals surface area (Å²) in [5.74, 6) is 6.07. The molecule has 0 bridgehead atoms. The van der Waals surface area contributed by atoms with Crippen molar-refractivity contribution >= 4 is 23.4 Å². The average molecular weight is 361 g/mol. The van der Waals surface area contributed by atoms with Crippen LogP contribution in [0.2, 0.25) is 0 Å². The van der Waals surface area contributed by atoms with Crippen LogP contribution in [0.4, 0.5) is 5.69 Å². The van der Waals surface area contributed by atoms with Crippen molar-refractivity contribution < 1.29 is 4.79 Å². The maximum Gasteiger partial charge on any atom is 0.291 e. The van der Waals surface area contributed by atoms with E-state index in [1.165, 1.54) is 0 Å². The summed E-state index contributed by atoms with van der Waals surface area (Å²) in [7, 11) is 0. The highest BCUT2D eigenvalue weighted by atomic mass is 32.2. The predicted octanol–water partition coefficient (Wildman–Crippen LogP) is 2.33. The van der Waals surface area contributed by atoms with Gasteiger partial charge in [-0.1, -0.05) is 57.7 Å². The van der Waals surface area contributed by atoms with Crippen molar-refractivity contribution in [3.63, 3.8) is 0 Å². The molecule has 8 heteroatoms. The quantitative estimate of drug-likeness (QED) is 0.605. The largest absolute Gasteiger partial charge is 0.334 e. The highest BCUT2D eigenvalue weighted by Crippen LogP contribution is 2.32. The van der Waals surface area contributed by atoms with E-state index in [9.17, 15) is 9.59 Å². The summed E-state index contributed by atoms with van der Waals surface area (Å²) in [5, 5.41) is 10.6. The van der Waals surface area contributed by atoms with Crippen molar-refractivity contribution in [1.29, 1.82) is 0 Å². The molecule has 0 aliphatic heterocycles. The van der Waals surface area contributed by atoms with Gasteiger partial charge in [0, 0.05) is 5.69 Å². The summed E-state index contributed by atoms with van der Waals surface area (Å²) in [6.45, 7) is 8.38. The second-order valence-corrected chi connectivity index (χ2v) is 7.24. The first-order valence-electron chi connectivity index (χ1n) is 8.06. The summed E-state index contributed by atoms with van der Waals surface area (Å²) in [6, 6.07) is 6.07. The second kappa shape index (κ2) is 8.15.